The summed E-state index contributed by atoms with van der Waals surface area (Å²) in [6.07, 6.45) is 5.70. The number of hydrogen-bond acceptors (Lipinski definition) is 1. The molecule has 1 aromatic rings. The highest BCUT2D eigenvalue weighted by molar-refractivity contribution is 5.24. The number of hydrogen-bond donors (Lipinski definition) is 1. The van der Waals surface area contributed by atoms with Gasteiger partial charge in [-0.15, -0.1) is 0 Å². The van der Waals surface area contributed by atoms with Crippen molar-refractivity contribution in [3.05, 3.63) is 24.0 Å². The minimum atomic E-state index is -2.44. The van der Waals surface area contributed by atoms with Gasteiger partial charge in [0.15, 0.2) is 0 Å². The molecule has 0 amide bonds. The van der Waals surface area contributed by atoms with Crippen LogP contribution >= 0.6 is 0 Å². The van der Waals surface area contributed by atoms with Crippen LogP contribution in [0.1, 0.15) is 51.1 Å². The summed E-state index contributed by atoms with van der Waals surface area (Å²) < 4.78 is 28.9. The molecule has 1 saturated carbocycles. The quantitative estimate of drug-likeness (QED) is 0.887. The predicted molar refractivity (Wildman–Crippen MR) is 75.9 cm³/mol. The average molecular weight is 282 g/mol. The smallest absolute Gasteiger partial charge is 0.248 e. The fraction of sp³-hybridized carbons (Fsp3) is 0.750. The molecule has 0 radical (unpaired) electrons. The number of halogens is 2. The highest BCUT2D eigenvalue weighted by Crippen LogP contribution is 2.54. The molecule has 0 unspecified atom stereocenters. The van der Waals surface area contributed by atoms with Crippen LogP contribution in [0.5, 0.6) is 0 Å². The molecule has 112 valence electrons. The van der Waals surface area contributed by atoms with Gasteiger partial charge in [0.2, 0.25) is 5.92 Å². The molecule has 1 atom stereocenters. The Kier molecular flexibility index (Phi) is 3.39. The Hall–Kier alpha value is -0.900. The molecule has 1 aliphatic heterocycles. The van der Waals surface area contributed by atoms with Gasteiger partial charge in [0, 0.05) is 49.8 Å². The lowest BCUT2D eigenvalue weighted by Gasteiger charge is -2.54. The zero-order chi connectivity index (χ0) is 14.4. The van der Waals surface area contributed by atoms with E-state index in [9.17, 15) is 8.78 Å². The Morgan fingerprint density at radius 3 is 2.55 bits per heavy atom. The lowest BCUT2D eigenvalue weighted by Crippen LogP contribution is -2.58. The second kappa shape index (κ2) is 4.83. The van der Waals surface area contributed by atoms with Crippen molar-refractivity contribution in [1.82, 2.24) is 9.88 Å². The van der Waals surface area contributed by atoms with Crippen molar-refractivity contribution >= 4 is 0 Å². The molecule has 0 aromatic carbocycles. The summed E-state index contributed by atoms with van der Waals surface area (Å²) in [5.41, 5.74) is 1.34. The molecule has 1 aromatic heterocycles. The average Bonchev–Trinajstić information content (AvgIpc) is 2.75. The normalized spacial score (nSPS) is 27.8. The van der Waals surface area contributed by atoms with E-state index in [-0.39, 0.29) is 24.3 Å². The molecule has 1 N–H and O–H groups in total. The third-order valence-electron chi connectivity index (χ3n) is 4.93. The Morgan fingerprint density at radius 1 is 1.30 bits per heavy atom. The number of nitrogens with one attached hydrogen (secondary N) is 1. The first kappa shape index (κ1) is 14.1. The van der Waals surface area contributed by atoms with Crippen molar-refractivity contribution in [2.75, 3.05) is 6.54 Å². The minimum absolute atomic E-state index is 0.0535. The zero-order valence-electron chi connectivity index (χ0n) is 12.3. The van der Waals surface area contributed by atoms with E-state index in [1.807, 2.05) is 0 Å². The number of aromatic nitrogens is 1. The fourth-order valence-electron chi connectivity index (χ4n) is 3.71. The fourth-order valence-corrected chi connectivity index (χ4v) is 3.71. The van der Waals surface area contributed by atoms with Crippen molar-refractivity contribution < 1.29 is 8.78 Å². The van der Waals surface area contributed by atoms with Gasteiger partial charge in [-0.3, -0.25) is 0 Å². The summed E-state index contributed by atoms with van der Waals surface area (Å²) in [6, 6.07) is 2.42. The van der Waals surface area contributed by atoms with Crippen LogP contribution in [0.3, 0.4) is 0 Å². The second-order valence-electron chi connectivity index (χ2n) is 7.07. The molecule has 3 rings (SSSR count). The number of rotatable bonds is 3. The molecule has 1 saturated heterocycles. The molecule has 1 spiro atoms. The van der Waals surface area contributed by atoms with Crippen LogP contribution < -0.4 is 5.32 Å². The van der Waals surface area contributed by atoms with Crippen LogP contribution in [0.15, 0.2) is 18.5 Å². The van der Waals surface area contributed by atoms with Crippen molar-refractivity contribution in [2.45, 2.75) is 58.0 Å². The van der Waals surface area contributed by atoms with E-state index in [1.54, 1.807) is 0 Å². The monoisotopic (exact) mass is 282 g/mol. The largest absolute Gasteiger partial charge is 0.354 e. The number of alkyl halides is 2. The van der Waals surface area contributed by atoms with Gasteiger partial charge in [-0.05, 0) is 30.4 Å². The molecule has 4 heteroatoms. The van der Waals surface area contributed by atoms with E-state index in [4.69, 9.17) is 0 Å². The lowest BCUT2D eigenvalue weighted by atomic mass is 9.62. The number of nitrogens with zero attached hydrogens (tertiary/aromatic N) is 1. The van der Waals surface area contributed by atoms with Crippen LogP contribution in [0.4, 0.5) is 8.78 Å². The van der Waals surface area contributed by atoms with Gasteiger partial charge in [-0.1, -0.05) is 13.8 Å². The lowest BCUT2D eigenvalue weighted by molar-refractivity contribution is -0.0955. The molecule has 2 aliphatic rings. The zero-order valence-corrected chi connectivity index (χ0v) is 12.3. The Labute approximate surface area is 119 Å². The van der Waals surface area contributed by atoms with E-state index in [0.717, 1.165) is 13.1 Å². The molecule has 2 fully saturated rings. The van der Waals surface area contributed by atoms with Crippen molar-refractivity contribution in [1.29, 1.82) is 0 Å². The third-order valence-corrected chi connectivity index (χ3v) is 4.93. The van der Waals surface area contributed by atoms with E-state index in [1.165, 1.54) is 5.56 Å². The molecule has 2 heterocycles. The standard InChI is InChI=1S/C16H24F2N2/c1-12(2)9-20-8-3-13(10-20)14-15(11-19-14)4-6-16(17,18)7-5-15/h3,8,10,12,14,19H,4-7,9,11H2,1-2H3/t14-/m1/s1. The van der Waals surface area contributed by atoms with Gasteiger partial charge >= 0.3 is 0 Å². The van der Waals surface area contributed by atoms with Crippen molar-refractivity contribution in [3.8, 4) is 0 Å². The first-order valence-electron chi connectivity index (χ1n) is 7.67. The van der Waals surface area contributed by atoms with Gasteiger partial charge in [0.1, 0.15) is 0 Å². The van der Waals surface area contributed by atoms with Gasteiger partial charge in [-0.2, -0.15) is 0 Å². The van der Waals surface area contributed by atoms with Crippen molar-refractivity contribution in [2.24, 2.45) is 11.3 Å². The summed E-state index contributed by atoms with van der Waals surface area (Å²) in [6.45, 7) is 6.30. The van der Waals surface area contributed by atoms with E-state index < -0.39 is 5.92 Å². The van der Waals surface area contributed by atoms with Gasteiger partial charge in [-0.25, -0.2) is 8.78 Å². The topological polar surface area (TPSA) is 17.0 Å². The molecular weight excluding hydrogens is 258 g/mol. The van der Waals surface area contributed by atoms with Crippen LogP contribution in [-0.4, -0.2) is 17.0 Å². The highest BCUT2D eigenvalue weighted by atomic mass is 19.3. The second-order valence-corrected chi connectivity index (χ2v) is 7.07. The highest BCUT2D eigenvalue weighted by Gasteiger charge is 2.52. The maximum Gasteiger partial charge on any atom is 0.248 e. The Balaban J connectivity index is 1.70. The molecule has 2 nitrogen and oxygen atoms in total. The first-order chi connectivity index (χ1) is 9.40. The van der Waals surface area contributed by atoms with Gasteiger partial charge in [0.05, 0.1) is 0 Å². The predicted octanol–water partition coefficient (Wildman–Crippen LogP) is 3.98. The maximum atomic E-state index is 13.4. The first-order valence-corrected chi connectivity index (χ1v) is 7.67. The summed E-state index contributed by atoms with van der Waals surface area (Å²) in [5, 5.41) is 3.46. The summed E-state index contributed by atoms with van der Waals surface area (Å²) >= 11 is 0. The van der Waals surface area contributed by atoms with Gasteiger partial charge < -0.3 is 9.88 Å². The van der Waals surface area contributed by atoms with Crippen LogP contribution in [0.25, 0.3) is 0 Å². The summed E-state index contributed by atoms with van der Waals surface area (Å²) in [7, 11) is 0. The van der Waals surface area contributed by atoms with E-state index in [2.05, 4.69) is 42.2 Å². The molecule has 0 bridgehead atoms. The van der Waals surface area contributed by atoms with Crippen molar-refractivity contribution in [3.63, 3.8) is 0 Å². The van der Waals surface area contributed by atoms with E-state index >= 15 is 0 Å². The third kappa shape index (κ3) is 2.50. The molecular formula is C16H24F2N2. The molecule has 20 heavy (non-hydrogen) atoms. The summed E-state index contributed by atoms with van der Waals surface area (Å²) in [4.78, 5) is 0. The SMILES string of the molecule is CC(C)Cn1ccc([C@H]2NCC23CCC(F)(F)CC3)c1. The van der Waals surface area contributed by atoms with Crippen LogP contribution in [0.2, 0.25) is 0 Å². The Bertz CT molecular complexity index is 469. The minimum Gasteiger partial charge on any atom is -0.354 e. The maximum absolute atomic E-state index is 13.4. The molecule has 1 aliphatic carbocycles. The van der Waals surface area contributed by atoms with Crippen LogP contribution in [-0.2, 0) is 6.54 Å². The summed E-state index contributed by atoms with van der Waals surface area (Å²) in [5.74, 6) is -1.82. The van der Waals surface area contributed by atoms with Gasteiger partial charge in [0.25, 0.3) is 0 Å². The van der Waals surface area contributed by atoms with Crippen LogP contribution in [0, 0.1) is 11.3 Å². The Morgan fingerprint density at radius 2 is 2.00 bits per heavy atom. The van der Waals surface area contributed by atoms with E-state index in [0.29, 0.717) is 18.8 Å².